The fourth-order valence-corrected chi connectivity index (χ4v) is 2.31. The van der Waals surface area contributed by atoms with E-state index in [2.05, 4.69) is 36.5 Å². The van der Waals surface area contributed by atoms with Crippen LogP contribution in [0.1, 0.15) is 36.8 Å². The van der Waals surface area contributed by atoms with Crippen molar-refractivity contribution in [3.8, 4) is 0 Å². The molecule has 0 aliphatic carbocycles. The molecule has 1 heterocycles. The molecular weight excluding hydrogens is 304 g/mol. The quantitative estimate of drug-likeness (QED) is 0.885. The number of benzene rings is 1. The molecule has 2 rings (SSSR count). The highest BCUT2D eigenvalue weighted by molar-refractivity contribution is 5.99. The molecule has 0 fully saturated rings. The minimum atomic E-state index is -0.287. The minimum absolute atomic E-state index is 0.0898. The fourth-order valence-electron chi connectivity index (χ4n) is 2.31. The molecule has 6 heteroatoms. The number of hydrogen-bond acceptors (Lipinski definition) is 3. The van der Waals surface area contributed by atoms with E-state index < -0.39 is 0 Å². The van der Waals surface area contributed by atoms with Crippen LogP contribution < -0.4 is 10.6 Å². The molecule has 128 valence electrons. The first kappa shape index (κ1) is 17.7. The number of rotatable bonds is 5. The molecule has 2 amide bonds. The number of anilines is 1. The molecule has 6 nitrogen and oxygen atoms in total. The van der Waals surface area contributed by atoms with E-state index in [4.69, 9.17) is 0 Å². The number of amides is 2. The number of nitrogens with one attached hydrogen (secondary N) is 2. The number of aromatic nitrogens is 2. The summed E-state index contributed by atoms with van der Waals surface area (Å²) in [6, 6.07) is 10.7. The van der Waals surface area contributed by atoms with Crippen LogP contribution in [0.15, 0.2) is 36.4 Å². The normalized spacial score (nSPS) is 11.2. The van der Waals surface area contributed by atoms with E-state index >= 15 is 0 Å². The van der Waals surface area contributed by atoms with Gasteiger partial charge in [-0.25, -0.2) is 0 Å². The van der Waals surface area contributed by atoms with E-state index in [1.54, 1.807) is 36.0 Å². The number of hydrogen-bond donors (Lipinski definition) is 2. The average Bonchev–Trinajstić information content (AvgIpc) is 2.83. The van der Waals surface area contributed by atoms with Gasteiger partial charge in [-0.2, -0.15) is 5.10 Å². The van der Waals surface area contributed by atoms with Crippen molar-refractivity contribution in [3.05, 3.63) is 47.7 Å². The third-order valence-electron chi connectivity index (χ3n) is 3.35. The van der Waals surface area contributed by atoms with Gasteiger partial charge in [0.25, 0.3) is 5.91 Å². The highest BCUT2D eigenvalue weighted by Crippen LogP contribution is 2.21. The molecule has 0 atom stereocenters. The zero-order valence-electron chi connectivity index (χ0n) is 14.6. The van der Waals surface area contributed by atoms with Gasteiger partial charge >= 0.3 is 0 Å². The number of nitrogens with zero attached hydrogens (tertiary/aromatic N) is 2. The van der Waals surface area contributed by atoms with E-state index in [9.17, 15) is 9.59 Å². The topological polar surface area (TPSA) is 76.0 Å². The van der Waals surface area contributed by atoms with Crippen LogP contribution in [-0.2, 0) is 18.3 Å². The highest BCUT2D eigenvalue weighted by Gasteiger charge is 2.16. The molecule has 0 saturated heterocycles. The summed E-state index contributed by atoms with van der Waals surface area (Å²) in [5, 5.41) is 9.78. The van der Waals surface area contributed by atoms with Gasteiger partial charge in [0.15, 0.2) is 0 Å². The third-order valence-corrected chi connectivity index (χ3v) is 3.35. The van der Waals surface area contributed by atoms with Crippen LogP contribution >= 0.6 is 0 Å². The van der Waals surface area contributed by atoms with Gasteiger partial charge in [0.2, 0.25) is 5.91 Å². The van der Waals surface area contributed by atoms with Crippen molar-refractivity contribution in [2.24, 2.45) is 12.5 Å². The maximum Gasteiger partial charge on any atom is 0.251 e. The van der Waals surface area contributed by atoms with Gasteiger partial charge in [-0.3, -0.25) is 14.3 Å². The van der Waals surface area contributed by atoms with Gasteiger partial charge in [0, 0.05) is 18.7 Å². The summed E-state index contributed by atoms with van der Waals surface area (Å²) in [7, 11) is 1.78. The summed E-state index contributed by atoms with van der Waals surface area (Å²) in [5.41, 5.74) is 1.58. The lowest BCUT2D eigenvalue weighted by molar-refractivity contribution is -0.115. The largest absolute Gasteiger partial charge is 0.343 e. The standard InChI is InChI=1S/C18H24N4O2/c1-18(2,3)11-14-10-15(22(4)21-14)20-16(23)12-19-17(24)13-8-6-5-7-9-13/h5-10H,11-12H2,1-4H3,(H,19,24)(H,20,23). The molecule has 0 aliphatic rings. The maximum absolute atomic E-state index is 12.0. The summed E-state index contributed by atoms with van der Waals surface area (Å²) in [6.07, 6.45) is 0.821. The second-order valence-corrected chi connectivity index (χ2v) is 6.98. The third kappa shape index (κ3) is 5.22. The fraction of sp³-hybridized carbons (Fsp3) is 0.389. The predicted molar refractivity (Wildman–Crippen MR) is 93.8 cm³/mol. The van der Waals surface area contributed by atoms with Crippen molar-refractivity contribution < 1.29 is 9.59 Å². The number of carbonyl (C=O) groups is 2. The first-order valence-electron chi connectivity index (χ1n) is 7.90. The van der Waals surface area contributed by atoms with Crippen LogP contribution in [-0.4, -0.2) is 28.1 Å². The monoisotopic (exact) mass is 328 g/mol. The smallest absolute Gasteiger partial charge is 0.251 e. The summed E-state index contributed by atoms with van der Waals surface area (Å²) in [5.74, 6) is 0.0574. The molecule has 0 aliphatic heterocycles. The molecule has 0 bridgehead atoms. The molecule has 0 saturated carbocycles. The van der Waals surface area contributed by atoms with Crippen molar-refractivity contribution in [3.63, 3.8) is 0 Å². The Bertz CT molecular complexity index is 714. The van der Waals surface area contributed by atoms with E-state index in [1.807, 2.05) is 12.1 Å². The van der Waals surface area contributed by atoms with Crippen molar-refractivity contribution in [1.82, 2.24) is 15.1 Å². The summed E-state index contributed by atoms with van der Waals surface area (Å²) in [4.78, 5) is 23.9. The zero-order valence-corrected chi connectivity index (χ0v) is 14.6. The second kappa shape index (κ2) is 7.29. The Balaban J connectivity index is 1.90. The van der Waals surface area contributed by atoms with E-state index in [0.29, 0.717) is 11.4 Å². The molecule has 0 radical (unpaired) electrons. The molecule has 0 unspecified atom stereocenters. The number of aryl methyl sites for hydroxylation is 1. The SMILES string of the molecule is Cn1nc(CC(C)(C)C)cc1NC(=O)CNC(=O)c1ccccc1. The highest BCUT2D eigenvalue weighted by atomic mass is 16.2. The lowest BCUT2D eigenvalue weighted by Gasteiger charge is -2.15. The second-order valence-electron chi connectivity index (χ2n) is 6.98. The first-order valence-corrected chi connectivity index (χ1v) is 7.90. The lowest BCUT2D eigenvalue weighted by atomic mass is 9.91. The van der Waals surface area contributed by atoms with Crippen LogP contribution in [0.5, 0.6) is 0 Å². The average molecular weight is 328 g/mol. The van der Waals surface area contributed by atoms with Gasteiger partial charge in [-0.15, -0.1) is 0 Å². The molecular formula is C18H24N4O2. The first-order chi connectivity index (χ1) is 11.2. The van der Waals surface area contributed by atoms with E-state index in [1.165, 1.54) is 0 Å². The van der Waals surface area contributed by atoms with E-state index in [-0.39, 0.29) is 23.8 Å². The molecule has 2 aromatic rings. The minimum Gasteiger partial charge on any atom is -0.343 e. The Labute approximate surface area is 142 Å². The van der Waals surface area contributed by atoms with Gasteiger partial charge in [0.1, 0.15) is 5.82 Å². The van der Waals surface area contributed by atoms with Gasteiger partial charge < -0.3 is 10.6 Å². The summed E-state index contributed by atoms with van der Waals surface area (Å²) < 4.78 is 1.64. The molecule has 24 heavy (non-hydrogen) atoms. The zero-order chi connectivity index (χ0) is 17.7. The van der Waals surface area contributed by atoms with Crippen LogP contribution in [0.3, 0.4) is 0 Å². The Morgan fingerprint density at radius 1 is 1.17 bits per heavy atom. The summed E-state index contributed by atoms with van der Waals surface area (Å²) in [6.45, 7) is 6.32. The van der Waals surface area contributed by atoms with E-state index in [0.717, 1.165) is 12.1 Å². The van der Waals surface area contributed by atoms with Crippen molar-refractivity contribution in [2.45, 2.75) is 27.2 Å². The van der Waals surface area contributed by atoms with Crippen molar-refractivity contribution in [1.29, 1.82) is 0 Å². The Hall–Kier alpha value is -2.63. The maximum atomic E-state index is 12.0. The van der Waals surface area contributed by atoms with Crippen LogP contribution in [0, 0.1) is 5.41 Å². The van der Waals surface area contributed by atoms with Gasteiger partial charge in [-0.1, -0.05) is 39.0 Å². The van der Waals surface area contributed by atoms with Gasteiger partial charge in [-0.05, 0) is 24.0 Å². The van der Waals surface area contributed by atoms with Crippen LogP contribution in [0.4, 0.5) is 5.82 Å². The predicted octanol–water partition coefficient (Wildman–Crippen LogP) is 2.38. The molecule has 0 spiro atoms. The Morgan fingerprint density at radius 2 is 1.83 bits per heavy atom. The number of carbonyl (C=O) groups excluding carboxylic acids is 2. The van der Waals surface area contributed by atoms with Crippen molar-refractivity contribution >= 4 is 17.6 Å². The van der Waals surface area contributed by atoms with Gasteiger partial charge in [0.05, 0.1) is 12.2 Å². The summed E-state index contributed by atoms with van der Waals surface area (Å²) >= 11 is 0. The lowest BCUT2D eigenvalue weighted by Crippen LogP contribution is -2.33. The molecule has 2 N–H and O–H groups in total. The molecule has 1 aromatic heterocycles. The Morgan fingerprint density at radius 3 is 2.46 bits per heavy atom. The van der Waals surface area contributed by atoms with Crippen LogP contribution in [0.25, 0.3) is 0 Å². The van der Waals surface area contributed by atoms with Crippen molar-refractivity contribution in [2.75, 3.05) is 11.9 Å². The van der Waals surface area contributed by atoms with Crippen LogP contribution in [0.2, 0.25) is 0 Å². The Kier molecular flexibility index (Phi) is 5.39. The molecule has 1 aromatic carbocycles.